The van der Waals surface area contributed by atoms with Crippen LogP contribution in [0.3, 0.4) is 0 Å². The molecule has 0 radical (unpaired) electrons. The maximum absolute atomic E-state index is 12.9. The summed E-state index contributed by atoms with van der Waals surface area (Å²) in [5, 5.41) is 5.41. The van der Waals surface area contributed by atoms with Gasteiger partial charge in [0.2, 0.25) is 0 Å². The van der Waals surface area contributed by atoms with Crippen molar-refractivity contribution in [3.05, 3.63) is 69.2 Å². The largest absolute Gasteiger partial charge is 0.463 e. The van der Waals surface area contributed by atoms with Crippen molar-refractivity contribution in [1.29, 1.82) is 0 Å². The molecule has 4 nitrogen and oxygen atoms in total. The first kappa shape index (κ1) is 18.7. The third kappa shape index (κ3) is 3.31. The van der Waals surface area contributed by atoms with Gasteiger partial charge in [-0.1, -0.05) is 30.3 Å². The molecule has 1 aliphatic carbocycles. The van der Waals surface area contributed by atoms with E-state index in [0.29, 0.717) is 18.6 Å². The topological polar surface area (TPSA) is 55.4 Å². The molecule has 1 N–H and O–H groups in total. The lowest BCUT2D eigenvalue weighted by molar-refractivity contribution is -0.138. The van der Waals surface area contributed by atoms with Crippen molar-refractivity contribution in [3.63, 3.8) is 0 Å². The summed E-state index contributed by atoms with van der Waals surface area (Å²) in [6.07, 6.45) is 2.21. The molecule has 144 valence electrons. The number of allylic oxidation sites excluding steroid dienone is 3. The third-order valence-electron chi connectivity index (χ3n) is 5.28. The first-order valence-corrected chi connectivity index (χ1v) is 10.5. The van der Waals surface area contributed by atoms with Gasteiger partial charge in [0.05, 0.1) is 18.1 Å². The number of ether oxygens (including phenoxy) is 1. The van der Waals surface area contributed by atoms with Crippen molar-refractivity contribution >= 4 is 23.1 Å². The molecule has 1 aromatic carbocycles. The Morgan fingerprint density at radius 3 is 2.75 bits per heavy atom. The van der Waals surface area contributed by atoms with Crippen molar-refractivity contribution in [2.45, 2.75) is 39.0 Å². The molecule has 5 heteroatoms. The van der Waals surface area contributed by atoms with Crippen LogP contribution >= 0.6 is 11.3 Å². The summed E-state index contributed by atoms with van der Waals surface area (Å²) in [4.78, 5) is 26.7. The molecular weight excluding hydrogens is 370 g/mol. The third-order valence-corrected chi connectivity index (χ3v) is 6.28. The number of thiophene rings is 1. The molecule has 0 saturated carbocycles. The zero-order valence-corrected chi connectivity index (χ0v) is 16.9. The Bertz CT molecular complexity index is 984. The van der Waals surface area contributed by atoms with Gasteiger partial charge in [0.25, 0.3) is 0 Å². The molecule has 0 bridgehead atoms. The second kappa shape index (κ2) is 7.76. The predicted octanol–water partition coefficient (Wildman–Crippen LogP) is 4.95. The molecule has 0 saturated heterocycles. The Labute approximate surface area is 168 Å². The van der Waals surface area contributed by atoms with Gasteiger partial charge in [0.1, 0.15) is 0 Å². The van der Waals surface area contributed by atoms with E-state index >= 15 is 0 Å². The predicted molar refractivity (Wildman–Crippen MR) is 111 cm³/mol. The van der Waals surface area contributed by atoms with Gasteiger partial charge in [-0.05, 0) is 49.3 Å². The van der Waals surface area contributed by atoms with E-state index < -0.39 is 0 Å². The number of carbonyl (C=O) groups excluding carboxylic acids is 2. The van der Waals surface area contributed by atoms with Gasteiger partial charge < -0.3 is 10.1 Å². The minimum Gasteiger partial charge on any atom is -0.463 e. The number of Topliss-reactive ketones (excluding diaryl/α,β-unsaturated/α-hetero) is 1. The SMILES string of the molecule is CCOC(=O)C1=C(C)NC2=C(C(=O)CCC2)[C@H]1c1cc(-c2ccccc2)cs1. The fraction of sp³-hybridized carbons (Fsp3) is 0.304. The van der Waals surface area contributed by atoms with Gasteiger partial charge in [0.15, 0.2) is 5.78 Å². The number of ketones is 1. The lowest BCUT2D eigenvalue weighted by Gasteiger charge is -2.33. The maximum Gasteiger partial charge on any atom is 0.336 e. The van der Waals surface area contributed by atoms with Gasteiger partial charge in [-0.3, -0.25) is 4.79 Å². The normalized spacial score (nSPS) is 19.4. The van der Waals surface area contributed by atoms with Gasteiger partial charge in [-0.2, -0.15) is 0 Å². The number of esters is 1. The van der Waals surface area contributed by atoms with Crippen LogP contribution < -0.4 is 5.32 Å². The van der Waals surface area contributed by atoms with Crippen LogP contribution in [0.25, 0.3) is 11.1 Å². The molecule has 0 fully saturated rings. The van der Waals surface area contributed by atoms with Crippen LogP contribution in [0.2, 0.25) is 0 Å². The second-order valence-corrected chi connectivity index (χ2v) is 8.03. The van der Waals surface area contributed by atoms with Crippen LogP contribution in [0.1, 0.15) is 43.9 Å². The van der Waals surface area contributed by atoms with Crippen LogP contribution in [-0.2, 0) is 14.3 Å². The van der Waals surface area contributed by atoms with Crippen molar-refractivity contribution in [3.8, 4) is 11.1 Å². The molecule has 2 heterocycles. The summed E-state index contributed by atoms with van der Waals surface area (Å²) in [7, 11) is 0. The molecule has 2 aliphatic rings. The highest BCUT2D eigenvalue weighted by Crippen LogP contribution is 2.45. The van der Waals surface area contributed by atoms with Crippen LogP contribution in [-0.4, -0.2) is 18.4 Å². The van der Waals surface area contributed by atoms with Crippen LogP contribution in [0.5, 0.6) is 0 Å². The van der Waals surface area contributed by atoms with E-state index in [1.807, 2.05) is 25.1 Å². The number of hydrogen-bond donors (Lipinski definition) is 1. The number of carbonyl (C=O) groups is 2. The molecule has 0 amide bonds. The Hall–Kier alpha value is -2.66. The smallest absolute Gasteiger partial charge is 0.336 e. The number of benzene rings is 1. The first-order valence-electron chi connectivity index (χ1n) is 9.65. The van der Waals surface area contributed by atoms with E-state index in [9.17, 15) is 9.59 Å². The van der Waals surface area contributed by atoms with E-state index in [4.69, 9.17) is 4.74 Å². The van der Waals surface area contributed by atoms with Crippen molar-refractivity contribution in [2.75, 3.05) is 6.61 Å². The van der Waals surface area contributed by atoms with E-state index in [1.54, 1.807) is 18.3 Å². The average molecular weight is 394 g/mol. The van der Waals surface area contributed by atoms with Crippen molar-refractivity contribution in [2.24, 2.45) is 0 Å². The highest BCUT2D eigenvalue weighted by atomic mass is 32.1. The molecule has 28 heavy (non-hydrogen) atoms. The van der Waals surface area contributed by atoms with Gasteiger partial charge in [0, 0.05) is 28.3 Å². The van der Waals surface area contributed by atoms with E-state index in [1.165, 1.54) is 0 Å². The number of nitrogens with one attached hydrogen (secondary N) is 1. The highest BCUT2D eigenvalue weighted by molar-refractivity contribution is 7.10. The Morgan fingerprint density at radius 2 is 2.00 bits per heavy atom. The fourth-order valence-electron chi connectivity index (χ4n) is 4.03. The molecular formula is C23H23NO3S. The summed E-state index contributed by atoms with van der Waals surface area (Å²) in [5.74, 6) is -0.578. The van der Waals surface area contributed by atoms with Crippen LogP contribution in [0.4, 0.5) is 0 Å². The molecule has 4 rings (SSSR count). The quantitative estimate of drug-likeness (QED) is 0.747. The zero-order chi connectivity index (χ0) is 19.7. The minimum atomic E-state index is -0.356. The number of dihydropyridines is 1. The number of rotatable bonds is 4. The maximum atomic E-state index is 12.9. The molecule has 0 spiro atoms. The average Bonchev–Trinajstić information content (AvgIpc) is 3.18. The molecule has 1 atom stereocenters. The van der Waals surface area contributed by atoms with Crippen molar-refractivity contribution < 1.29 is 14.3 Å². The summed E-state index contributed by atoms with van der Waals surface area (Å²) in [5.41, 5.74) is 5.26. The second-order valence-electron chi connectivity index (χ2n) is 7.09. The van der Waals surface area contributed by atoms with Crippen LogP contribution in [0.15, 0.2) is 64.3 Å². The Balaban J connectivity index is 1.82. The molecule has 1 aliphatic heterocycles. The summed E-state index contributed by atoms with van der Waals surface area (Å²) in [6, 6.07) is 12.3. The van der Waals surface area contributed by atoms with E-state index in [-0.39, 0.29) is 17.7 Å². The summed E-state index contributed by atoms with van der Waals surface area (Å²) in [6.45, 7) is 4.00. The molecule has 0 unspecified atom stereocenters. The first-order chi connectivity index (χ1) is 13.6. The summed E-state index contributed by atoms with van der Waals surface area (Å²) >= 11 is 1.59. The minimum absolute atomic E-state index is 0.128. The lowest BCUT2D eigenvalue weighted by atomic mass is 9.77. The zero-order valence-electron chi connectivity index (χ0n) is 16.1. The Morgan fingerprint density at radius 1 is 1.21 bits per heavy atom. The lowest BCUT2D eigenvalue weighted by Crippen LogP contribution is -2.34. The number of hydrogen-bond acceptors (Lipinski definition) is 5. The molecule has 2 aromatic rings. The highest BCUT2D eigenvalue weighted by Gasteiger charge is 2.39. The van der Waals surface area contributed by atoms with Gasteiger partial charge >= 0.3 is 5.97 Å². The van der Waals surface area contributed by atoms with Crippen LogP contribution in [0, 0.1) is 0 Å². The van der Waals surface area contributed by atoms with Crippen molar-refractivity contribution in [1.82, 2.24) is 5.32 Å². The summed E-state index contributed by atoms with van der Waals surface area (Å²) < 4.78 is 5.34. The fourth-order valence-corrected chi connectivity index (χ4v) is 5.07. The van der Waals surface area contributed by atoms with Gasteiger partial charge in [-0.25, -0.2) is 4.79 Å². The standard InChI is InChI=1S/C23H23NO3S/c1-3-27-23(26)20-14(2)24-17-10-7-11-18(25)21(17)22(20)19-12-16(13-28-19)15-8-5-4-6-9-15/h4-6,8-9,12-13,22,24H,3,7,10-11H2,1-2H3/t22-/m0/s1. The van der Waals surface area contributed by atoms with E-state index in [0.717, 1.165) is 45.8 Å². The monoisotopic (exact) mass is 393 g/mol. The molecule has 1 aromatic heterocycles. The van der Waals surface area contributed by atoms with E-state index in [2.05, 4.69) is 28.9 Å². The Kier molecular flexibility index (Phi) is 5.18. The van der Waals surface area contributed by atoms with Gasteiger partial charge in [-0.15, -0.1) is 11.3 Å².